The number of carboxylic acid groups (broad SMARTS) is 1. The van der Waals surface area contributed by atoms with E-state index < -0.39 is 12.0 Å². The zero-order chi connectivity index (χ0) is 16.0. The summed E-state index contributed by atoms with van der Waals surface area (Å²) < 4.78 is 0. The third kappa shape index (κ3) is 5.75. The van der Waals surface area contributed by atoms with Crippen molar-refractivity contribution < 1.29 is 14.7 Å². The van der Waals surface area contributed by atoms with Crippen molar-refractivity contribution in [2.45, 2.75) is 52.6 Å². The molecule has 1 aromatic heterocycles. The Morgan fingerprint density at radius 1 is 1.33 bits per heavy atom. The number of rotatable bonds is 6. The van der Waals surface area contributed by atoms with E-state index in [0.29, 0.717) is 0 Å². The normalized spacial score (nSPS) is 14.3. The summed E-state index contributed by atoms with van der Waals surface area (Å²) in [5.74, 6) is -0.916. The van der Waals surface area contributed by atoms with Gasteiger partial charge in [-0.05, 0) is 23.3 Å². The van der Waals surface area contributed by atoms with Crippen LogP contribution >= 0.6 is 11.3 Å². The number of urea groups is 1. The summed E-state index contributed by atoms with van der Waals surface area (Å²) >= 11 is 1.60. The van der Waals surface area contributed by atoms with Crippen molar-refractivity contribution in [3.8, 4) is 0 Å². The average Bonchev–Trinajstić information content (AvgIpc) is 2.87. The molecule has 0 aromatic carbocycles. The molecule has 0 aliphatic rings. The molecule has 21 heavy (non-hydrogen) atoms. The molecule has 2 unspecified atom stereocenters. The van der Waals surface area contributed by atoms with Crippen LogP contribution in [0.4, 0.5) is 4.79 Å². The molecule has 0 aliphatic heterocycles. The second-order valence-electron chi connectivity index (χ2n) is 6.11. The number of hydrogen-bond acceptors (Lipinski definition) is 3. The molecule has 0 saturated carbocycles. The predicted molar refractivity (Wildman–Crippen MR) is 84.5 cm³/mol. The first-order valence-electron chi connectivity index (χ1n) is 7.06. The molecule has 0 radical (unpaired) electrons. The monoisotopic (exact) mass is 312 g/mol. The molecule has 0 saturated heterocycles. The fourth-order valence-corrected chi connectivity index (χ4v) is 2.83. The molecule has 0 spiro atoms. The molecule has 2 amide bonds. The zero-order valence-corrected chi connectivity index (χ0v) is 13.8. The lowest BCUT2D eigenvalue weighted by Gasteiger charge is -2.31. The second-order valence-corrected chi connectivity index (χ2v) is 7.09. The molecule has 1 heterocycles. The third-order valence-electron chi connectivity index (χ3n) is 3.33. The van der Waals surface area contributed by atoms with E-state index in [1.165, 1.54) is 0 Å². The van der Waals surface area contributed by atoms with Gasteiger partial charge in [-0.15, -0.1) is 11.3 Å². The van der Waals surface area contributed by atoms with Gasteiger partial charge in [0.05, 0.1) is 12.5 Å². The summed E-state index contributed by atoms with van der Waals surface area (Å²) in [5.41, 5.74) is -0.319. The summed E-state index contributed by atoms with van der Waals surface area (Å²) in [6, 6.07) is 3.14. The fourth-order valence-electron chi connectivity index (χ4n) is 1.97. The van der Waals surface area contributed by atoms with Crippen molar-refractivity contribution in [1.82, 2.24) is 10.6 Å². The minimum atomic E-state index is -0.916. The van der Waals surface area contributed by atoms with Crippen LogP contribution < -0.4 is 10.6 Å². The van der Waals surface area contributed by atoms with E-state index in [1.54, 1.807) is 11.3 Å². The van der Waals surface area contributed by atoms with Gasteiger partial charge in [0.1, 0.15) is 0 Å². The average molecular weight is 312 g/mol. The van der Waals surface area contributed by atoms with Crippen LogP contribution in [0.5, 0.6) is 0 Å². The highest BCUT2D eigenvalue weighted by Gasteiger charge is 2.29. The van der Waals surface area contributed by atoms with Gasteiger partial charge < -0.3 is 15.7 Å². The SMILES string of the molecule is CCC(NC(=O)NC(CC(=O)O)C(C)(C)C)c1cccs1. The molecular weight excluding hydrogens is 288 g/mol. The predicted octanol–water partition coefficient (Wildman–Crippen LogP) is 3.39. The number of carbonyl (C=O) groups is 2. The Bertz CT molecular complexity index is 466. The molecule has 118 valence electrons. The third-order valence-corrected chi connectivity index (χ3v) is 4.32. The summed E-state index contributed by atoms with van der Waals surface area (Å²) in [6.45, 7) is 7.75. The maximum atomic E-state index is 12.1. The van der Waals surface area contributed by atoms with Gasteiger partial charge in [0.2, 0.25) is 0 Å². The van der Waals surface area contributed by atoms with Crippen LogP contribution in [0, 0.1) is 5.41 Å². The van der Waals surface area contributed by atoms with E-state index >= 15 is 0 Å². The van der Waals surface area contributed by atoms with Crippen molar-refractivity contribution in [2.75, 3.05) is 0 Å². The molecular formula is C15H24N2O3S. The Hall–Kier alpha value is -1.56. The first-order valence-corrected chi connectivity index (χ1v) is 7.94. The van der Waals surface area contributed by atoms with Gasteiger partial charge in [-0.3, -0.25) is 4.79 Å². The van der Waals surface area contributed by atoms with E-state index in [4.69, 9.17) is 5.11 Å². The Morgan fingerprint density at radius 2 is 2.00 bits per heavy atom. The van der Waals surface area contributed by atoms with E-state index in [-0.39, 0.29) is 23.9 Å². The molecule has 1 rings (SSSR count). The highest BCUT2D eigenvalue weighted by atomic mass is 32.1. The van der Waals surface area contributed by atoms with Crippen molar-refractivity contribution in [1.29, 1.82) is 0 Å². The maximum absolute atomic E-state index is 12.1. The fraction of sp³-hybridized carbons (Fsp3) is 0.600. The molecule has 6 heteroatoms. The summed E-state index contributed by atoms with van der Waals surface area (Å²) in [7, 11) is 0. The summed E-state index contributed by atoms with van der Waals surface area (Å²) in [5, 5.41) is 16.6. The highest BCUT2D eigenvalue weighted by Crippen LogP contribution is 2.23. The van der Waals surface area contributed by atoms with Gasteiger partial charge in [-0.2, -0.15) is 0 Å². The minimum Gasteiger partial charge on any atom is -0.481 e. The molecule has 2 atom stereocenters. The molecule has 0 bridgehead atoms. The van der Waals surface area contributed by atoms with Crippen molar-refractivity contribution >= 4 is 23.3 Å². The number of carboxylic acids is 1. The largest absolute Gasteiger partial charge is 0.481 e. The van der Waals surface area contributed by atoms with Crippen LogP contribution in [0.25, 0.3) is 0 Å². The van der Waals surface area contributed by atoms with Gasteiger partial charge >= 0.3 is 12.0 Å². The van der Waals surface area contributed by atoms with E-state index in [2.05, 4.69) is 10.6 Å². The van der Waals surface area contributed by atoms with Gasteiger partial charge in [0.15, 0.2) is 0 Å². The smallest absolute Gasteiger partial charge is 0.315 e. The standard InChI is InChI=1S/C15H24N2O3S/c1-5-10(11-7-6-8-21-11)16-14(20)17-12(9-13(18)19)15(2,3)4/h6-8,10,12H,5,9H2,1-4H3,(H,18,19)(H2,16,17,20). The van der Waals surface area contributed by atoms with Gasteiger partial charge in [0.25, 0.3) is 0 Å². The number of carbonyl (C=O) groups excluding carboxylic acids is 1. The highest BCUT2D eigenvalue weighted by molar-refractivity contribution is 7.10. The molecule has 0 fully saturated rings. The molecule has 0 aliphatic carbocycles. The quantitative estimate of drug-likeness (QED) is 0.753. The Morgan fingerprint density at radius 3 is 2.43 bits per heavy atom. The van der Waals surface area contributed by atoms with E-state index in [9.17, 15) is 9.59 Å². The Balaban J connectivity index is 2.67. The van der Waals surface area contributed by atoms with Crippen LogP contribution in [0.1, 0.15) is 51.5 Å². The van der Waals surface area contributed by atoms with Crippen LogP contribution in [-0.2, 0) is 4.79 Å². The number of nitrogens with one attached hydrogen (secondary N) is 2. The molecule has 1 aromatic rings. The number of aliphatic carboxylic acids is 1. The topological polar surface area (TPSA) is 78.4 Å². The molecule has 5 nitrogen and oxygen atoms in total. The number of hydrogen-bond donors (Lipinski definition) is 3. The Labute approximate surface area is 129 Å². The first kappa shape index (κ1) is 17.5. The van der Waals surface area contributed by atoms with Crippen LogP contribution in [0.15, 0.2) is 17.5 Å². The van der Waals surface area contributed by atoms with Crippen LogP contribution in [0.3, 0.4) is 0 Å². The minimum absolute atomic E-state index is 0.0459. The van der Waals surface area contributed by atoms with Gasteiger partial charge in [-0.25, -0.2) is 4.79 Å². The number of thiophene rings is 1. The maximum Gasteiger partial charge on any atom is 0.315 e. The van der Waals surface area contributed by atoms with Crippen LogP contribution in [-0.4, -0.2) is 23.1 Å². The van der Waals surface area contributed by atoms with E-state index in [0.717, 1.165) is 11.3 Å². The zero-order valence-electron chi connectivity index (χ0n) is 13.0. The van der Waals surface area contributed by atoms with Crippen molar-refractivity contribution in [3.63, 3.8) is 0 Å². The van der Waals surface area contributed by atoms with E-state index in [1.807, 2.05) is 45.2 Å². The molecule has 3 N–H and O–H groups in total. The first-order chi connectivity index (χ1) is 9.74. The second kappa shape index (κ2) is 7.45. The summed E-state index contributed by atoms with van der Waals surface area (Å²) in [6.07, 6.45) is 0.694. The Kier molecular flexibility index (Phi) is 6.20. The lowest BCUT2D eigenvalue weighted by molar-refractivity contribution is -0.138. The lowest BCUT2D eigenvalue weighted by atomic mass is 9.85. The van der Waals surface area contributed by atoms with Crippen LogP contribution in [0.2, 0.25) is 0 Å². The van der Waals surface area contributed by atoms with Gasteiger partial charge in [0, 0.05) is 10.9 Å². The van der Waals surface area contributed by atoms with Gasteiger partial charge in [-0.1, -0.05) is 33.8 Å². The number of amides is 2. The lowest BCUT2D eigenvalue weighted by Crippen LogP contribution is -2.49. The van der Waals surface area contributed by atoms with Crippen molar-refractivity contribution in [3.05, 3.63) is 22.4 Å². The van der Waals surface area contributed by atoms with Crippen molar-refractivity contribution in [2.24, 2.45) is 5.41 Å². The summed E-state index contributed by atoms with van der Waals surface area (Å²) in [4.78, 5) is 24.2.